The highest BCUT2D eigenvalue weighted by atomic mass is 16.5. The zero-order chi connectivity index (χ0) is 23.0. The molecule has 3 aromatic rings. The second-order valence-corrected chi connectivity index (χ2v) is 9.14. The van der Waals surface area contributed by atoms with Crippen molar-refractivity contribution in [3.05, 3.63) is 83.4 Å². The molecule has 0 N–H and O–H groups in total. The second-order valence-electron chi connectivity index (χ2n) is 9.14. The number of fused-ring (bicyclic) bond motifs is 1. The Kier molecular flexibility index (Phi) is 7.79. The molecule has 0 aliphatic heterocycles. The molecule has 4 rings (SSSR count). The number of methoxy groups -OCH3 is 1. The van der Waals surface area contributed by atoms with Gasteiger partial charge in [-0.15, -0.1) is 0 Å². The molecular formula is C29H34N2O2. The molecule has 0 saturated carbocycles. The van der Waals surface area contributed by atoms with Crippen molar-refractivity contribution in [1.82, 2.24) is 4.90 Å². The largest absolute Gasteiger partial charge is 0.489 e. The Labute approximate surface area is 197 Å². The number of rotatable bonds is 9. The van der Waals surface area contributed by atoms with Crippen LogP contribution in [0.2, 0.25) is 0 Å². The van der Waals surface area contributed by atoms with Crippen LogP contribution in [0.3, 0.4) is 0 Å². The molecule has 4 heteroatoms. The minimum atomic E-state index is 0.572. The van der Waals surface area contributed by atoms with E-state index in [4.69, 9.17) is 9.47 Å². The van der Waals surface area contributed by atoms with E-state index in [1.165, 1.54) is 43.3 Å². The molecule has 0 saturated heterocycles. The van der Waals surface area contributed by atoms with Crippen molar-refractivity contribution in [3.8, 4) is 16.9 Å². The topological polar surface area (TPSA) is 34.1 Å². The third-order valence-electron chi connectivity index (χ3n) is 6.34. The first-order valence-electron chi connectivity index (χ1n) is 11.7. The first kappa shape index (κ1) is 23.1. The van der Waals surface area contributed by atoms with Gasteiger partial charge < -0.3 is 14.4 Å². The van der Waals surface area contributed by atoms with Gasteiger partial charge in [-0.05, 0) is 104 Å². The Bertz CT molecular complexity index is 1070. The number of aliphatic imine (C=N–C) groups is 1. The Morgan fingerprint density at radius 1 is 0.970 bits per heavy atom. The zero-order valence-corrected chi connectivity index (χ0v) is 20.0. The number of aryl methyl sites for hydroxylation is 1. The molecule has 172 valence electrons. The van der Waals surface area contributed by atoms with Gasteiger partial charge in [0.05, 0.1) is 12.8 Å². The smallest absolute Gasteiger partial charge is 0.174 e. The molecule has 1 aliphatic carbocycles. The summed E-state index contributed by atoms with van der Waals surface area (Å²) >= 11 is 0. The molecule has 0 heterocycles. The van der Waals surface area contributed by atoms with Crippen LogP contribution < -0.4 is 4.74 Å². The van der Waals surface area contributed by atoms with E-state index in [1.807, 2.05) is 12.1 Å². The van der Waals surface area contributed by atoms with E-state index in [-0.39, 0.29) is 0 Å². The maximum atomic E-state index is 6.13. The SMILES string of the molecule is COC=Nc1cccc(-c2ccc(COc3ccc4c(c3)CCC(CCN(C)C)C4)cc2)c1. The summed E-state index contributed by atoms with van der Waals surface area (Å²) < 4.78 is 11.0. The molecule has 0 bridgehead atoms. The van der Waals surface area contributed by atoms with Crippen LogP contribution in [-0.2, 0) is 24.2 Å². The van der Waals surface area contributed by atoms with Crippen LogP contribution in [0.4, 0.5) is 5.69 Å². The minimum Gasteiger partial charge on any atom is -0.489 e. The highest BCUT2D eigenvalue weighted by molar-refractivity contribution is 5.68. The van der Waals surface area contributed by atoms with Gasteiger partial charge in [-0.25, -0.2) is 4.99 Å². The van der Waals surface area contributed by atoms with E-state index in [1.54, 1.807) is 7.11 Å². The third kappa shape index (κ3) is 6.45. The van der Waals surface area contributed by atoms with E-state index in [2.05, 4.69) is 78.6 Å². The van der Waals surface area contributed by atoms with E-state index in [0.717, 1.165) is 40.5 Å². The van der Waals surface area contributed by atoms with Crippen molar-refractivity contribution < 1.29 is 9.47 Å². The molecule has 0 fully saturated rings. The Morgan fingerprint density at radius 3 is 2.61 bits per heavy atom. The fourth-order valence-corrected chi connectivity index (χ4v) is 4.42. The Hall–Kier alpha value is -3.11. The van der Waals surface area contributed by atoms with Gasteiger partial charge in [-0.2, -0.15) is 0 Å². The predicted octanol–water partition coefficient (Wildman–Crippen LogP) is 6.30. The monoisotopic (exact) mass is 442 g/mol. The molecule has 0 spiro atoms. The van der Waals surface area contributed by atoms with Gasteiger partial charge in [-0.1, -0.05) is 42.5 Å². The van der Waals surface area contributed by atoms with Crippen LogP contribution in [0.15, 0.2) is 71.7 Å². The molecule has 33 heavy (non-hydrogen) atoms. The first-order valence-corrected chi connectivity index (χ1v) is 11.7. The molecule has 1 aliphatic rings. The number of hydrogen-bond acceptors (Lipinski definition) is 4. The number of benzene rings is 3. The number of ether oxygens (including phenoxy) is 2. The van der Waals surface area contributed by atoms with Gasteiger partial charge in [0.25, 0.3) is 0 Å². The molecular weight excluding hydrogens is 408 g/mol. The maximum absolute atomic E-state index is 6.13. The fourth-order valence-electron chi connectivity index (χ4n) is 4.42. The highest BCUT2D eigenvalue weighted by Crippen LogP contribution is 2.31. The number of nitrogens with zero attached hydrogens (tertiary/aromatic N) is 2. The first-order chi connectivity index (χ1) is 16.1. The van der Waals surface area contributed by atoms with Crippen LogP contribution in [0.1, 0.15) is 29.5 Å². The van der Waals surface area contributed by atoms with Crippen LogP contribution in [0.5, 0.6) is 5.75 Å². The molecule has 0 radical (unpaired) electrons. The van der Waals surface area contributed by atoms with E-state index < -0.39 is 0 Å². The van der Waals surface area contributed by atoms with Crippen molar-refractivity contribution in [3.63, 3.8) is 0 Å². The average molecular weight is 443 g/mol. The van der Waals surface area contributed by atoms with Gasteiger partial charge in [0.2, 0.25) is 0 Å². The van der Waals surface area contributed by atoms with E-state index >= 15 is 0 Å². The van der Waals surface area contributed by atoms with Crippen molar-refractivity contribution in [2.24, 2.45) is 10.9 Å². The lowest BCUT2D eigenvalue weighted by Crippen LogP contribution is -2.21. The summed E-state index contributed by atoms with van der Waals surface area (Å²) in [6, 6.07) is 23.3. The normalized spacial score (nSPS) is 15.6. The highest BCUT2D eigenvalue weighted by Gasteiger charge is 2.19. The summed E-state index contributed by atoms with van der Waals surface area (Å²) in [5.41, 5.74) is 7.28. The van der Waals surface area contributed by atoms with Gasteiger partial charge in [-0.3, -0.25) is 0 Å². The summed E-state index contributed by atoms with van der Waals surface area (Å²) in [6.45, 7) is 1.75. The molecule has 0 amide bonds. The van der Waals surface area contributed by atoms with Crippen molar-refractivity contribution in [2.75, 3.05) is 27.7 Å². The maximum Gasteiger partial charge on any atom is 0.174 e. The van der Waals surface area contributed by atoms with Crippen LogP contribution in [0, 0.1) is 5.92 Å². The lowest BCUT2D eigenvalue weighted by Gasteiger charge is -2.26. The lowest BCUT2D eigenvalue weighted by atomic mass is 9.82. The van der Waals surface area contributed by atoms with Gasteiger partial charge in [0.15, 0.2) is 6.40 Å². The van der Waals surface area contributed by atoms with Crippen LogP contribution >= 0.6 is 0 Å². The summed E-state index contributed by atoms with van der Waals surface area (Å²) in [5.74, 6) is 1.77. The van der Waals surface area contributed by atoms with Crippen LogP contribution in [0.25, 0.3) is 11.1 Å². The van der Waals surface area contributed by atoms with Gasteiger partial charge in [0, 0.05) is 0 Å². The Morgan fingerprint density at radius 2 is 1.82 bits per heavy atom. The van der Waals surface area contributed by atoms with Crippen LogP contribution in [-0.4, -0.2) is 39.1 Å². The molecule has 4 nitrogen and oxygen atoms in total. The van der Waals surface area contributed by atoms with Gasteiger partial charge in [0.1, 0.15) is 12.4 Å². The molecule has 3 aromatic carbocycles. The third-order valence-corrected chi connectivity index (χ3v) is 6.34. The minimum absolute atomic E-state index is 0.572. The summed E-state index contributed by atoms with van der Waals surface area (Å²) in [7, 11) is 5.91. The second kappa shape index (κ2) is 11.2. The zero-order valence-electron chi connectivity index (χ0n) is 20.0. The predicted molar refractivity (Wildman–Crippen MR) is 136 cm³/mol. The molecule has 1 unspecified atom stereocenters. The molecule has 1 atom stereocenters. The standard InChI is InChI=1S/C29H34N2O2/c1-31(2)16-15-22-7-12-27-19-29(14-13-26(27)17-22)33-20-23-8-10-24(11-9-23)25-5-4-6-28(18-25)30-21-32-3/h4-6,8-11,13-14,18-19,21-22H,7,12,15-17,20H2,1-3H3. The van der Waals surface area contributed by atoms with Crippen molar-refractivity contribution >= 4 is 12.1 Å². The van der Waals surface area contributed by atoms with Gasteiger partial charge >= 0.3 is 0 Å². The van der Waals surface area contributed by atoms with Crippen molar-refractivity contribution in [2.45, 2.75) is 32.3 Å². The molecule has 0 aromatic heterocycles. The van der Waals surface area contributed by atoms with E-state index in [0.29, 0.717) is 6.61 Å². The van der Waals surface area contributed by atoms with Crippen molar-refractivity contribution in [1.29, 1.82) is 0 Å². The lowest BCUT2D eigenvalue weighted by molar-refractivity contribution is 0.304. The number of hydrogen-bond donors (Lipinski definition) is 0. The average Bonchev–Trinajstić information content (AvgIpc) is 2.85. The summed E-state index contributed by atoms with van der Waals surface area (Å²) in [4.78, 5) is 6.56. The van der Waals surface area contributed by atoms with E-state index in [9.17, 15) is 0 Å². The quantitative estimate of drug-likeness (QED) is 0.288. The fraction of sp³-hybridized carbons (Fsp3) is 0.345. The summed E-state index contributed by atoms with van der Waals surface area (Å²) in [6.07, 6.45) is 6.37. The Balaban J connectivity index is 1.34. The summed E-state index contributed by atoms with van der Waals surface area (Å²) in [5, 5.41) is 0.